The van der Waals surface area contributed by atoms with Gasteiger partial charge in [-0.2, -0.15) is 0 Å². The molecule has 114 valence electrons. The van der Waals surface area contributed by atoms with Crippen LogP contribution in [-0.4, -0.2) is 25.7 Å². The van der Waals surface area contributed by atoms with Crippen LogP contribution in [0.25, 0.3) is 0 Å². The first-order chi connectivity index (χ1) is 9.28. The standard InChI is InChI=1S/C14H24N2O3S/c1-4-11-7-8-12(15)9-13(11)20(18,19)16-10-14(17,5-2)6-3/h7-9,16-17H,4-6,10,15H2,1-3H3. The highest BCUT2D eigenvalue weighted by Crippen LogP contribution is 2.21. The van der Waals surface area contributed by atoms with Gasteiger partial charge >= 0.3 is 0 Å². The van der Waals surface area contributed by atoms with Crippen LogP contribution in [0.3, 0.4) is 0 Å². The summed E-state index contributed by atoms with van der Waals surface area (Å²) in [5, 5.41) is 10.2. The number of aryl methyl sites for hydroxylation is 1. The fourth-order valence-corrected chi connectivity index (χ4v) is 3.38. The molecule has 0 radical (unpaired) electrons. The van der Waals surface area contributed by atoms with E-state index in [4.69, 9.17) is 5.73 Å². The molecule has 4 N–H and O–H groups in total. The number of nitrogen functional groups attached to an aromatic ring is 1. The van der Waals surface area contributed by atoms with Gasteiger partial charge in [0.2, 0.25) is 10.0 Å². The Hall–Kier alpha value is -1.11. The van der Waals surface area contributed by atoms with E-state index in [1.165, 1.54) is 6.07 Å². The van der Waals surface area contributed by atoms with Crippen LogP contribution in [0.5, 0.6) is 0 Å². The van der Waals surface area contributed by atoms with Crippen molar-refractivity contribution in [2.24, 2.45) is 0 Å². The van der Waals surface area contributed by atoms with Crippen LogP contribution >= 0.6 is 0 Å². The van der Waals surface area contributed by atoms with E-state index in [0.29, 0.717) is 30.5 Å². The van der Waals surface area contributed by atoms with Gasteiger partial charge in [0, 0.05) is 12.2 Å². The van der Waals surface area contributed by atoms with Crippen molar-refractivity contribution in [3.8, 4) is 0 Å². The fourth-order valence-electron chi connectivity index (χ4n) is 1.92. The molecule has 1 aromatic carbocycles. The van der Waals surface area contributed by atoms with Crippen molar-refractivity contribution in [3.05, 3.63) is 23.8 Å². The first-order valence-electron chi connectivity index (χ1n) is 6.88. The van der Waals surface area contributed by atoms with Gasteiger partial charge in [0.05, 0.1) is 10.5 Å². The number of rotatable bonds is 7. The molecule has 1 rings (SSSR count). The average molecular weight is 300 g/mol. The second-order valence-corrected chi connectivity index (χ2v) is 6.71. The summed E-state index contributed by atoms with van der Waals surface area (Å²) in [6.07, 6.45) is 1.58. The van der Waals surface area contributed by atoms with Crippen LogP contribution in [0.4, 0.5) is 5.69 Å². The minimum absolute atomic E-state index is 0.000284. The zero-order chi connectivity index (χ0) is 15.4. The third-order valence-corrected chi connectivity index (χ3v) is 5.15. The maximum Gasteiger partial charge on any atom is 0.241 e. The SMILES string of the molecule is CCc1ccc(N)cc1S(=O)(=O)NCC(O)(CC)CC. The van der Waals surface area contributed by atoms with Crippen LogP contribution in [-0.2, 0) is 16.4 Å². The molecule has 0 aliphatic heterocycles. The molecule has 0 unspecified atom stereocenters. The highest BCUT2D eigenvalue weighted by Gasteiger charge is 2.26. The number of anilines is 1. The van der Waals surface area contributed by atoms with E-state index >= 15 is 0 Å². The van der Waals surface area contributed by atoms with Crippen LogP contribution in [0.15, 0.2) is 23.1 Å². The van der Waals surface area contributed by atoms with E-state index < -0.39 is 15.6 Å². The van der Waals surface area contributed by atoms with Crippen LogP contribution in [0, 0.1) is 0 Å². The molecule has 0 heterocycles. The lowest BCUT2D eigenvalue weighted by Crippen LogP contribution is -2.42. The molecule has 0 aromatic heterocycles. The third-order valence-electron chi connectivity index (χ3n) is 3.67. The molecule has 0 spiro atoms. The molecule has 20 heavy (non-hydrogen) atoms. The van der Waals surface area contributed by atoms with E-state index in [2.05, 4.69) is 4.72 Å². The van der Waals surface area contributed by atoms with E-state index in [0.717, 1.165) is 0 Å². The van der Waals surface area contributed by atoms with E-state index in [1.54, 1.807) is 12.1 Å². The Bertz CT molecular complexity index is 552. The van der Waals surface area contributed by atoms with Gasteiger partial charge in [-0.05, 0) is 37.0 Å². The Balaban J connectivity index is 3.03. The minimum Gasteiger partial charge on any atom is -0.399 e. The molecule has 0 saturated heterocycles. The van der Waals surface area contributed by atoms with E-state index in [9.17, 15) is 13.5 Å². The monoisotopic (exact) mass is 300 g/mol. The lowest BCUT2D eigenvalue weighted by atomic mass is 9.98. The summed E-state index contributed by atoms with van der Waals surface area (Å²) < 4.78 is 27.2. The maximum absolute atomic E-state index is 12.4. The molecule has 1 aromatic rings. The molecule has 0 bridgehead atoms. The Morgan fingerprint density at radius 3 is 2.35 bits per heavy atom. The topological polar surface area (TPSA) is 92.4 Å². The minimum atomic E-state index is -3.67. The summed E-state index contributed by atoms with van der Waals surface area (Å²) in [6.45, 7) is 5.55. The summed E-state index contributed by atoms with van der Waals surface area (Å²) >= 11 is 0. The number of nitrogens with two attached hydrogens (primary N) is 1. The van der Waals surface area contributed by atoms with Crippen molar-refractivity contribution < 1.29 is 13.5 Å². The van der Waals surface area contributed by atoms with Gasteiger partial charge in [-0.25, -0.2) is 13.1 Å². The van der Waals surface area contributed by atoms with E-state index in [1.807, 2.05) is 20.8 Å². The average Bonchev–Trinajstić information content (AvgIpc) is 2.45. The lowest BCUT2D eigenvalue weighted by molar-refractivity contribution is 0.0377. The fraction of sp³-hybridized carbons (Fsp3) is 0.571. The van der Waals surface area contributed by atoms with Gasteiger partial charge in [-0.3, -0.25) is 0 Å². The Kier molecular flexibility index (Phi) is 5.56. The second kappa shape index (κ2) is 6.56. The highest BCUT2D eigenvalue weighted by atomic mass is 32.2. The van der Waals surface area contributed by atoms with Gasteiger partial charge in [0.1, 0.15) is 0 Å². The maximum atomic E-state index is 12.4. The Morgan fingerprint density at radius 1 is 1.25 bits per heavy atom. The number of hydrogen-bond donors (Lipinski definition) is 3. The smallest absolute Gasteiger partial charge is 0.241 e. The Morgan fingerprint density at radius 2 is 1.85 bits per heavy atom. The second-order valence-electron chi connectivity index (χ2n) is 4.98. The predicted molar refractivity (Wildman–Crippen MR) is 81.0 cm³/mol. The van der Waals surface area contributed by atoms with Crippen molar-refractivity contribution >= 4 is 15.7 Å². The normalized spacial score (nSPS) is 12.6. The van der Waals surface area contributed by atoms with Crippen LogP contribution in [0.2, 0.25) is 0 Å². The summed E-state index contributed by atoms with van der Waals surface area (Å²) in [7, 11) is -3.67. The molecule has 6 heteroatoms. The van der Waals surface area contributed by atoms with Gasteiger partial charge < -0.3 is 10.8 Å². The lowest BCUT2D eigenvalue weighted by Gasteiger charge is -2.25. The molecular formula is C14H24N2O3S. The summed E-state index contributed by atoms with van der Waals surface area (Å²) in [5.74, 6) is 0. The molecule has 0 atom stereocenters. The molecule has 0 aliphatic carbocycles. The first-order valence-corrected chi connectivity index (χ1v) is 8.36. The molecule has 5 nitrogen and oxygen atoms in total. The van der Waals surface area contributed by atoms with Crippen molar-refractivity contribution in [1.82, 2.24) is 4.72 Å². The third kappa shape index (κ3) is 3.94. The first kappa shape index (κ1) is 16.9. The zero-order valence-electron chi connectivity index (χ0n) is 12.3. The largest absolute Gasteiger partial charge is 0.399 e. The molecule has 0 aliphatic rings. The van der Waals surface area contributed by atoms with Gasteiger partial charge in [0.15, 0.2) is 0 Å². The van der Waals surface area contributed by atoms with Crippen LogP contribution < -0.4 is 10.5 Å². The summed E-state index contributed by atoms with van der Waals surface area (Å²) in [6, 6.07) is 4.86. The van der Waals surface area contributed by atoms with Crippen molar-refractivity contribution in [1.29, 1.82) is 0 Å². The van der Waals surface area contributed by atoms with Crippen LogP contribution in [0.1, 0.15) is 39.2 Å². The molecule has 0 amide bonds. The zero-order valence-corrected chi connectivity index (χ0v) is 13.1. The number of aliphatic hydroxyl groups is 1. The quantitative estimate of drug-likeness (QED) is 0.668. The number of benzene rings is 1. The predicted octanol–water partition coefficient (Wildman–Crippen LogP) is 1.66. The van der Waals surface area contributed by atoms with Crippen molar-refractivity contribution in [2.75, 3.05) is 12.3 Å². The van der Waals surface area contributed by atoms with Crippen molar-refractivity contribution in [2.45, 2.75) is 50.5 Å². The highest BCUT2D eigenvalue weighted by molar-refractivity contribution is 7.89. The summed E-state index contributed by atoms with van der Waals surface area (Å²) in [4.78, 5) is 0.189. The Labute approximate surface area is 121 Å². The van der Waals surface area contributed by atoms with Gasteiger partial charge in [0.25, 0.3) is 0 Å². The number of hydrogen-bond acceptors (Lipinski definition) is 4. The van der Waals surface area contributed by atoms with Crippen molar-refractivity contribution in [3.63, 3.8) is 0 Å². The van der Waals surface area contributed by atoms with Gasteiger partial charge in [-0.15, -0.1) is 0 Å². The molecular weight excluding hydrogens is 276 g/mol. The van der Waals surface area contributed by atoms with Gasteiger partial charge in [-0.1, -0.05) is 26.8 Å². The number of sulfonamides is 1. The number of nitrogens with one attached hydrogen (secondary N) is 1. The summed E-state index contributed by atoms with van der Waals surface area (Å²) in [5.41, 5.74) is 5.78. The molecule has 0 fully saturated rings. The van der Waals surface area contributed by atoms with E-state index in [-0.39, 0.29) is 11.4 Å². The molecule has 0 saturated carbocycles.